The highest BCUT2D eigenvalue weighted by atomic mass is 16.5. The molecule has 0 fully saturated rings. The SMILES string of the molecule is [C]1OCCn2nccc21. The van der Waals surface area contributed by atoms with Crippen LogP contribution in [0.1, 0.15) is 5.69 Å². The predicted molar refractivity (Wildman–Crippen MR) is 30.5 cm³/mol. The Kier molecular flexibility index (Phi) is 1.02. The second-order valence-corrected chi connectivity index (χ2v) is 1.89. The Balaban J connectivity index is 2.39. The number of aromatic nitrogens is 2. The number of nitrogens with zero attached hydrogens (tertiary/aromatic N) is 2. The first-order valence-corrected chi connectivity index (χ1v) is 2.86. The molecule has 0 amide bonds. The van der Waals surface area contributed by atoms with E-state index in [0.717, 1.165) is 12.2 Å². The van der Waals surface area contributed by atoms with Crippen molar-refractivity contribution in [3.63, 3.8) is 0 Å². The van der Waals surface area contributed by atoms with Crippen molar-refractivity contribution in [1.82, 2.24) is 9.78 Å². The molecule has 0 bridgehead atoms. The second-order valence-electron chi connectivity index (χ2n) is 1.89. The van der Waals surface area contributed by atoms with E-state index in [1.54, 1.807) is 6.20 Å². The lowest BCUT2D eigenvalue weighted by molar-refractivity contribution is 0.167. The van der Waals surface area contributed by atoms with Crippen LogP contribution in [0, 0.1) is 6.61 Å². The molecule has 1 aromatic heterocycles. The van der Waals surface area contributed by atoms with Gasteiger partial charge < -0.3 is 4.74 Å². The van der Waals surface area contributed by atoms with Gasteiger partial charge in [-0.05, 0) is 6.07 Å². The van der Waals surface area contributed by atoms with E-state index in [1.807, 2.05) is 10.7 Å². The number of hydrogen-bond donors (Lipinski definition) is 0. The van der Waals surface area contributed by atoms with Crippen molar-refractivity contribution in [3.05, 3.63) is 24.6 Å². The molecular weight excluding hydrogens is 116 g/mol. The zero-order valence-corrected chi connectivity index (χ0v) is 4.87. The normalized spacial score (nSPS) is 17.3. The summed E-state index contributed by atoms with van der Waals surface area (Å²) in [5.74, 6) is 0. The molecular formula is C6H6N2O. The minimum absolute atomic E-state index is 0.689. The monoisotopic (exact) mass is 122 g/mol. The molecule has 2 rings (SSSR count). The number of fused-ring (bicyclic) bond motifs is 1. The lowest BCUT2D eigenvalue weighted by atomic mass is 10.4. The Bertz CT molecular complexity index is 186. The van der Waals surface area contributed by atoms with E-state index in [1.165, 1.54) is 0 Å². The van der Waals surface area contributed by atoms with E-state index in [4.69, 9.17) is 4.74 Å². The first kappa shape index (κ1) is 4.99. The van der Waals surface area contributed by atoms with Crippen molar-refractivity contribution < 1.29 is 4.74 Å². The zero-order valence-electron chi connectivity index (χ0n) is 4.87. The van der Waals surface area contributed by atoms with Gasteiger partial charge in [-0.15, -0.1) is 0 Å². The molecule has 0 aromatic carbocycles. The van der Waals surface area contributed by atoms with Gasteiger partial charge >= 0.3 is 0 Å². The average Bonchev–Trinajstić information content (AvgIpc) is 2.33. The summed E-state index contributed by atoms with van der Waals surface area (Å²) >= 11 is 0. The predicted octanol–water partition coefficient (Wildman–Crippen LogP) is 0.300. The standard InChI is InChI=1S/C6H6N2O/c1-2-7-8-3-4-9-5-6(1)8/h1-2H,3-4H2. The van der Waals surface area contributed by atoms with Crippen molar-refractivity contribution in [1.29, 1.82) is 0 Å². The molecule has 0 N–H and O–H groups in total. The van der Waals surface area contributed by atoms with Gasteiger partial charge in [0.05, 0.1) is 18.8 Å². The van der Waals surface area contributed by atoms with Crippen LogP contribution in [-0.2, 0) is 11.3 Å². The molecule has 46 valence electrons. The quantitative estimate of drug-likeness (QED) is 0.495. The summed E-state index contributed by atoms with van der Waals surface area (Å²) < 4.78 is 6.81. The van der Waals surface area contributed by atoms with Crippen LogP contribution < -0.4 is 0 Å². The third-order valence-corrected chi connectivity index (χ3v) is 1.30. The van der Waals surface area contributed by atoms with Crippen LogP contribution in [0.25, 0.3) is 0 Å². The molecule has 0 aliphatic carbocycles. The van der Waals surface area contributed by atoms with Crippen molar-refractivity contribution >= 4 is 0 Å². The highest BCUT2D eigenvalue weighted by Crippen LogP contribution is 2.07. The van der Waals surface area contributed by atoms with Crippen LogP contribution in [0.2, 0.25) is 0 Å². The van der Waals surface area contributed by atoms with Gasteiger partial charge in [-0.25, -0.2) is 0 Å². The van der Waals surface area contributed by atoms with Crippen LogP contribution in [0.15, 0.2) is 12.3 Å². The Morgan fingerprint density at radius 1 is 1.78 bits per heavy atom. The minimum Gasteiger partial charge on any atom is -0.359 e. The highest BCUT2D eigenvalue weighted by molar-refractivity contribution is 5.09. The van der Waals surface area contributed by atoms with E-state index in [-0.39, 0.29) is 0 Å². The largest absolute Gasteiger partial charge is 0.359 e. The maximum Gasteiger partial charge on any atom is 0.185 e. The van der Waals surface area contributed by atoms with E-state index in [0.29, 0.717) is 6.61 Å². The third-order valence-electron chi connectivity index (χ3n) is 1.30. The van der Waals surface area contributed by atoms with Gasteiger partial charge in [-0.3, -0.25) is 4.68 Å². The average molecular weight is 122 g/mol. The van der Waals surface area contributed by atoms with Crippen LogP contribution in [0.4, 0.5) is 0 Å². The Hall–Kier alpha value is -0.830. The number of ether oxygens (including phenoxy) is 1. The zero-order chi connectivity index (χ0) is 6.10. The summed E-state index contributed by atoms with van der Waals surface area (Å²) in [6.45, 7) is 4.27. The van der Waals surface area contributed by atoms with Gasteiger partial charge in [0.25, 0.3) is 0 Å². The maximum absolute atomic E-state index is 4.94. The molecule has 3 heteroatoms. The van der Waals surface area contributed by atoms with Crippen LogP contribution in [-0.4, -0.2) is 16.4 Å². The Morgan fingerprint density at radius 3 is 3.67 bits per heavy atom. The molecule has 1 aromatic rings. The smallest absolute Gasteiger partial charge is 0.185 e. The van der Waals surface area contributed by atoms with Crippen molar-refractivity contribution in [2.75, 3.05) is 6.61 Å². The third kappa shape index (κ3) is 0.733. The summed E-state index contributed by atoms with van der Waals surface area (Å²) in [4.78, 5) is 0. The summed E-state index contributed by atoms with van der Waals surface area (Å²) in [5.41, 5.74) is 0.932. The molecule has 2 radical (unpaired) electrons. The fraction of sp³-hybridized carbons (Fsp3) is 0.333. The molecule has 0 unspecified atom stereocenters. The number of hydrogen-bond acceptors (Lipinski definition) is 2. The fourth-order valence-corrected chi connectivity index (χ4v) is 0.855. The maximum atomic E-state index is 4.94. The number of rotatable bonds is 0. The van der Waals surface area contributed by atoms with Crippen molar-refractivity contribution in [2.24, 2.45) is 0 Å². The highest BCUT2D eigenvalue weighted by Gasteiger charge is 2.08. The Labute approximate surface area is 53.2 Å². The first-order valence-electron chi connectivity index (χ1n) is 2.86. The van der Waals surface area contributed by atoms with Crippen LogP contribution >= 0.6 is 0 Å². The second kappa shape index (κ2) is 1.84. The summed E-state index contributed by atoms with van der Waals surface area (Å²) in [6.07, 6.45) is 1.75. The van der Waals surface area contributed by atoms with Gasteiger partial charge in [0.15, 0.2) is 6.61 Å². The van der Waals surface area contributed by atoms with E-state index < -0.39 is 0 Å². The molecule has 0 spiro atoms. The minimum atomic E-state index is 0.689. The lowest BCUT2D eigenvalue weighted by Crippen LogP contribution is -2.15. The van der Waals surface area contributed by atoms with Gasteiger partial charge in [-0.1, -0.05) is 0 Å². The van der Waals surface area contributed by atoms with Gasteiger partial charge in [0.2, 0.25) is 0 Å². The molecule has 9 heavy (non-hydrogen) atoms. The van der Waals surface area contributed by atoms with Crippen LogP contribution in [0.3, 0.4) is 0 Å². The topological polar surface area (TPSA) is 27.1 Å². The summed E-state index contributed by atoms with van der Waals surface area (Å²) in [6, 6.07) is 1.87. The van der Waals surface area contributed by atoms with Crippen LogP contribution in [0.5, 0.6) is 0 Å². The van der Waals surface area contributed by atoms with Gasteiger partial charge in [-0.2, -0.15) is 5.10 Å². The lowest BCUT2D eigenvalue weighted by Gasteiger charge is -2.11. The van der Waals surface area contributed by atoms with E-state index >= 15 is 0 Å². The molecule has 2 heterocycles. The molecule has 0 atom stereocenters. The molecule has 1 aliphatic rings. The van der Waals surface area contributed by atoms with Crippen molar-refractivity contribution in [3.8, 4) is 0 Å². The first-order chi connectivity index (χ1) is 4.47. The molecule has 0 saturated carbocycles. The molecule has 0 saturated heterocycles. The summed E-state index contributed by atoms with van der Waals surface area (Å²) in [7, 11) is 0. The van der Waals surface area contributed by atoms with Gasteiger partial charge in [0.1, 0.15) is 0 Å². The Morgan fingerprint density at radius 2 is 2.78 bits per heavy atom. The molecule has 1 aliphatic heterocycles. The van der Waals surface area contributed by atoms with E-state index in [9.17, 15) is 0 Å². The summed E-state index contributed by atoms with van der Waals surface area (Å²) in [5, 5.41) is 4.03. The van der Waals surface area contributed by atoms with Crippen molar-refractivity contribution in [2.45, 2.75) is 6.54 Å². The van der Waals surface area contributed by atoms with E-state index in [2.05, 4.69) is 11.7 Å². The van der Waals surface area contributed by atoms with Gasteiger partial charge in [0, 0.05) is 6.20 Å². The fourth-order valence-electron chi connectivity index (χ4n) is 0.855. The molecule has 3 nitrogen and oxygen atoms in total.